The predicted molar refractivity (Wildman–Crippen MR) is 135 cm³/mol. The zero-order chi connectivity index (χ0) is 21.1. The second-order valence-electron chi connectivity index (χ2n) is 6.94. The first-order valence-electron chi connectivity index (χ1n) is 10.0. The molecule has 0 saturated heterocycles. The number of anilines is 1. The van der Waals surface area contributed by atoms with Gasteiger partial charge >= 0.3 is 0 Å². The van der Waals surface area contributed by atoms with E-state index in [-0.39, 0.29) is 29.9 Å². The van der Waals surface area contributed by atoms with Crippen LogP contribution < -0.4 is 20.7 Å². The topological polar surface area (TPSA) is 74.8 Å². The second kappa shape index (κ2) is 13.8. The molecule has 0 bridgehead atoms. The molecule has 2 aromatic rings. The summed E-state index contributed by atoms with van der Waals surface area (Å²) in [5, 5.41) is 9.46. The van der Waals surface area contributed by atoms with Crippen molar-refractivity contribution in [2.24, 2.45) is 4.99 Å². The van der Waals surface area contributed by atoms with Crippen molar-refractivity contribution in [3.05, 3.63) is 59.2 Å². The lowest BCUT2D eigenvalue weighted by atomic mass is 10.1. The van der Waals surface area contributed by atoms with Crippen molar-refractivity contribution in [2.75, 3.05) is 25.5 Å². The average molecular weight is 524 g/mol. The van der Waals surface area contributed by atoms with Gasteiger partial charge in [-0.3, -0.25) is 9.79 Å². The second-order valence-corrected chi connectivity index (χ2v) is 6.94. The molecule has 6 nitrogen and oxygen atoms in total. The van der Waals surface area contributed by atoms with Crippen LogP contribution in [0.15, 0.2) is 47.5 Å². The molecule has 30 heavy (non-hydrogen) atoms. The van der Waals surface area contributed by atoms with Crippen LogP contribution in [0.4, 0.5) is 5.69 Å². The summed E-state index contributed by atoms with van der Waals surface area (Å²) in [6.07, 6.45) is 1.84. The van der Waals surface area contributed by atoms with Gasteiger partial charge in [0, 0.05) is 38.3 Å². The number of guanidine groups is 1. The molecule has 0 unspecified atom stereocenters. The minimum atomic E-state index is -0.0638. The fourth-order valence-electron chi connectivity index (χ4n) is 2.84. The highest BCUT2D eigenvalue weighted by Crippen LogP contribution is 2.20. The van der Waals surface area contributed by atoms with E-state index in [1.165, 1.54) is 18.1 Å². The Kier molecular flexibility index (Phi) is 11.9. The Morgan fingerprint density at radius 2 is 1.83 bits per heavy atom. The van der Waals surface area contributed by atoms with Gasteiger partial charge in [0.05, 0.1) is 6.61 Å². The summed E-state index contributed by atoms with van der Waals surface area (Å²) < 4.78 is 5.88. The molecule has 164 valence electrons. The molecule has 1 amide bonds. The van der Waals surface area contributed by atoms with Crippen molar-refractivity contribution in [1.82, 2.24) is 10.6 Å². The van der Waals surface area contributed by atoms with E-state index >= 15 is 0 Å². The van der Waals surface area contributed by atoms with E-state index < -0.39 is 0 Å². The Morgan fingerprint density at radius 3 is 2.47 bits per heavy atom. The molecule has 0 aromatic heterocycles. The third kappa shape index (κ3) is 9.02. The van der Waals surface area contributed by atoms with Crippen LogP contribution in [0, 0.1) is 6.92 Å². The first-order valence-corrected chi connectivity index (χ1v) is 10.0. The van der Waals surface area contributed by atoms with Crippen LogP contribution in [0.25, 0.3) is 0 Å². The predicted octanol–water partition coefficient (Wildman–Crippen LogP) is 4.27. The summed E-state index contributed by atoms with van der Waals surface area (Å²) in [6, 6.07) is 14.1. The van der Waals surface area contributed by atoms with E-state index in [1.807, 2.05) is 24.3 Å². The van der Waals surface area contributed by atoms with E-state index in [9.17, 15) is 4.79 Å². The van der Waals surface area contributed by atoms with Gasteiger partial charge in [-0.1, -0.05) is 31.2 Å². The molecule has 7 heteroatoms. The van der Waals surface area contributed by atoms with Crippen molar-refractivity contribution >= 4 is 41.5 Å². The number of aliphatic imine (C=N–C) groups is 1. The van der Waals surface area contributed by atoms with E-state index in [0.717, 1.165) is 42.3 Å². The molecule has 0 heterocycles. The smallest absolute Gasteiger partial charge is 0.221 e. The molecule has 0 aliphatic rings. The number of benzene rings is 2. The summed E-state index contributed by atoms with van der Waals surface area (Å²) >= 11 is 0. The van der Waals surface area contributed by atoms with Gasteiger partial charge in [-0.25, -0.2) is 0 Å². The molecule has 0 fully saturated rings. The SMILES string of the molecule is CCCOc1cc(C)ccc1CNC(=NC)NCCc1ccc(NC(C)=O)cc1.I. The highest BCUT2D eigenvalue weighted by atomic mass is 127. The van der Waals surface area contributed by atoms with Crippen molar-refractivity contribution < 1.29 is 9.53 Å². The van der Waals surface area contributed by atoms with Gasteiger partial charge in [0.2, 0.25) is 5.91 Å². The third-order valence-corrected chi connectivity index (χ3v) is 4.33. The van der Waals surface area contributed by atoms with E-state index in [4.69, 9.17) is 4.74 Å². The largest absolute Gasteiger partial charge is 0.493 e. The average Bonchev–Trinajstić information content (AvgIpc) is 2.70. The number of rotatable bonds is 9. The maximum atomic E-state index is 11.1. The van der Waals surface area contributed by atoms with Crippen LogP contribution in [0.3, 0.4) is 0 Å². The molecule has 0 saturated carbocycles. The number of halogens is 1. The summed E-state index contributed by atoms with van der Waals surface area (Å²) in [4.78, 5) is 15.4. The van der Waals surface area contributed by atoms with Crippen LogP contribution in [-0.2, 0) is 17.8 Å². The summed E-state index contributed by atoms with van der Waals surface area (Å²) in [5.74, 6) is 1.61. The minimum Gasteiger partial charge on any atom is -0.493 e. The first-order chi connectivity index (χ1) is 14.0. The maximum Gasteiger partial charge on any atom is 0.221 e. The number of nitrogens with zero attached hydrogens (tertiary/aromatic N) is 1. The molecular weight excluding hydrogens is 491 g/mol. The number of carbonyl (C=O) groups is 1. The molecule has 0 radical (unpaired) electrons. The van der Waals surface area contributed by atoms with Gasteiger partial charge in [0.25, 0.3) is 0 Å². The van der Waals surface area contributed by atoms with Crippen LogP contribution in [0.2, 0.25) is 0 Å². The van der Waals surface area contributed by atoms with Crippen molar-refractivity contribution in [3.8, 4) is 5.75 Å². The third-order valence-electron chi connectivity index (χ3n) is 4.33. The molecule has 0 atom stereocenters. The summed E-state index contributed by atoms with van der Waals surface area (Å²) in [6.45, 7) is 7.79. The van der Waals surface area contributed by atoms with Crippen molar-refractivity contribution in [1.29, 1.82) is 0 Å². The normalized spacial score (nSPS) is 10.7. The summed E-state index contributed by atoms with van der Waals surface area (Å²) in [5.41, 5.74) is 4.30. The number of nitrogens with one attached hydrogen (secondary N) is 3. The molecular formula is C23H33IN4O2. The Morgan fingerprint density at radius 1 is 1.10 bits per heavy atom. The number of amides is 1. The number of aryl methyl sites for hydroxylation is 1. The molecule has 2 rings (SSSR count). The zero-order valence-electron chi connectivity index (χ0n) is 18.2. The van der Waals surface area contributed by atoms with Gasteiger partial charge in [-0.2, -0.15) is 0 Å². The van der Waals surface area contributed by atoms with E-state index in [1.54, 1.807) is 7.05 Å². The Balaban J connectivity index is 0.00000450. The van der Waals surface area contributed by atoms with Crippen LogP contribution in [0.5, 0.6) is 5.75 Å². The van der Waals surface area contributed by atoms with Gasteiger partial charge in [0.15, 0.2) is 5.96 Å². The summed E-state index contributed by atoms with van der Waals surface area (Å²) in [7, 11) is 1.77. The Labute approximate surface area is 196 Å². The van der Waals surface area contributed by atoms with E-state index in [2.05, 4.69) is 53.0 Å². The lowest BCUT2D eigenvalue weighted by Gasteiger charge is -2.15. The molecule has 0 spiro atoms. The highest BCUT2D eigenvalue weighted by molar-refractivity contribution is 14.0. The first kappa shape index (κ1) is 25.7. The molecule has 3 N–H and O–H groups in total. The quantitative estimate of drug-likeness (QED) is 0.260. The monoisotopic (exact) mass is 524 g/mol. The fraction of sp³-hybridized carbons (Fsp3) is 0.391. The molecule has 0 aliphatic carbocycles. The van der Waals surface area contributed by atoms with Gasteiger partial charge in [-0.15, -0.1) is 24.0 Å². The van der Waals surface area contributed by atoms with Crippen LogP contribution in [-0.4, -0.2) is 32.1 Å². The number of hydrogen-bond donors (Lipinski definition) is 3. The van der Waals surface area contributed by atoms with Crippen LogP contribution >= 0.6 is 24.0 Å². The number of carbonyl (C=O) groups excluding carboxylic acids is 1. The minimum absolute atomic E-state index is 0. The highest BCUT2D eigenvalue weighted by Gasteiger charge is 2.06. The number of ether oxygens (including phenoxy) is 1. The molecule has 0 aliphatic heterocycles. The number of hydrogen-bond acceptors (Lipinski definition) is 3. The Hall–Kier alpha value is -2.29. The van der Waals surface area contributed by atoms with Crippen molar-refractivity contribution in [2.45, 2.75) is 40.2 Å². The maximum absolute atomic E-state index is 11.1. The standard InChI is InChI=1S/C23H32N4O2.HI/c1-5-14-29-22-15-17(2)6-9-20(22)16-26-23(24-4)25-13-12-19-7-10-21(11-8-19)27-18(3)28;/h6-11,15H,5,12-14,16H2,1-4H3,(H,27,28)(H2,24,25,26);1H. The van der Waals surface area contributed by atoms with E-state index in [0.29, 0.717) is 13.2 Å². The van der Waals surface area contributed by atoms with Gasteiger partial charge in [-0.05, 0) is 49.1 Å². The fourth-order valence-corrected chi connectivity index (χ4v) is 2.84. The lowest BCUT2D eigenvalue weighted by molar-refractivity contribution is -0.114. The Bertz CT molecular complexity index is 822. The lowest BCUT2D eigenvalue weighted by Crippen LogP contribution is -2.37. The molecule has 2 aromatic carbocycles. The van der Waals surface area contributed by atoms with Crippen molar-refractivity contribution in [3.63, 3.8) is 0 Å². The van der Waals surface area contributed by atoms with Gasteiger partial charge in [0.1, 0.15) is 5.75 Å². The zero-order valence-corrected chi connectivity index (χ0v) is 20.6. The van der Waals surface area contributed by atoms with Gasteiger partial charge < -0.3 is 20.7 Å². The van der Waals surface area contributed by atoms with Crippen LogP contribution in [0.1, 0.15) is 37.0 Å².